The molecule has 0 aromatic heterocycles. The van der Waals surface area contributed by atoms with Crippen molar-refractivity contribution in [3.63, 3.8) is 0 Å². The van der Waals surface area contributed by atoms with E-state index >= 15 is 0 Å². The van der Waals surface area contributed by atoms with Crippen LogP contribution in [0.15, 0.2) is 35.2 Å². The SMILES string of the molecule is CCCCOC(=O)c1cc(NC(=O)CN2C(=O)S/C(=C\c3cc4c(cc3[N+](=O)[O-])OCO4)C2=O)ccc1Cl. The van der Waals surface area contributed by atoms with Crippen LogP contribution in [0.3, 0.4) is 0 Å². The number of thioether (sulfide) groups is 1. The van der Waals surface area contributed by atoms with Crippen LogP contribution in [0.5, 0.6) is 11.5 Å². The van der Waals surface area contributed by atoms with Gasteiger partial charge in [0.15, 0.2) is 11.5 Å². The van der Waals surface area contributed by atoms with Gasteiger partial charge in [-0.05, 0) is 48.5 Å². The van der Waals surface area contributed by atoms with E-state index in [0.29, 0.717) is 23.1 Å². The zero-order valence-electron chi connectivity index (χ0n) is 19.9. The molecule has 2 heterocycles. The number of rotatable bonds is 9. The van der Waals surface area contributed by atoms with E-state index in [2.05, 4.69) is 5.32 Å². The van der Waals surface area contributed by atoms with E-state index < -0.39 is 34.5 Å². The van der Waals surface area contributed by atoms with E-state index in [4.69, 9.17) is 25.8 Å². The number of esters is 1. The number of hydrogen-bond acceptors (Lipinski definition) is 10. The molecular formula is C24H20ClN3O9S. The van der Waals surface area contributed by atoms with Crippen molar-refractivity contribution in [2.24, 2.45) is 0 Å². The topological polar surface area (TPSA) is 154 Å². The maximum Gasteiger partial charge on any atom is 0.339 e. The molecule has 2 aliphatic heterocycles. The van der Waals surface area contributed by atoms with Crippen molar-refractivity contribution in [3.05, 3.63) is 61.5 Å². The number of nitrogens with one attached hydrogen (secondary N) is 1. The zero-order valence-corrected chi connectivity index (χ0v) is 21.4. The van der Waals surface area contributed by atoms with Crippen molar-refractivity contribution in [1.82, 2.24) is 4.90 Å². The highest BCUT2D eigenvalue weighted by atomic mass is 35.5. The number of hydrogen-bond donors (Lipinski definition) is 1. The maximum atomic E-state index is 12.9. The fraction of sp³-hybridized carbons (Fsp3) is 0.250. The largest absolute Gasteiger partial charge is 0.462 e. The summed E-state index contributed by atoms with van der Waals surface area (Å²) in [5.41, 5.74) is -0.0420. The number of nitro benzene ring substituents is 1. The molecule has 2 aromatic carbocycles. The van der Waals surface area contributed by atoms with Crippen molar-refractivity contribution in [2.45, 2.75) is 19.8 Å². The van der Waals surface area contributed by atoms with Crippen LogP contribution in [0.25, 0.3) is 6.08 Å². The number of nitrogens with zero attached hydrogens (tertiary/aromatic N) is 2. The zero-order chi connectivity index (χ0) is 27.4. The molecule has 0 radical (unpaired) electrons. The van der Waals surface area contributed by atoms with E-state index in [1.807, 2.05) is 6.92 Å². The molecule has 3 amide bonds. The molecule has 2 aliphatic rings. The number of carbonyl (C=O) groups is 4. The van der Waals surface area contributed by atoms with Crippen LogP contribution in [-0.2, 0) is 14.3 Å². The molecule has 1 saturated heterocycles. The Morgan fingerprint density at radius 1 is 1.24 bits per heavy atom. The van der Waals surface area contributed by atoms with E-state index in [9.17, 15) is 29.3 Å². The van der Waals surface area contributed by atoms with Crippen LogP contribution < -0.4 is 14.8 Å². The minimum Gasteiger partial charge on any atom is -0.462 e. The lowest BCUT2D eigenvalue weighted by molar-refractivity contribution is -0.385. The monoisotopic (exact) mass is 561 g/mol. The quantitative estimate of drug-likeness (QED) is 0.151. The Morgan fingerprint density at radius 2 is 1.97 bits per heavy atom. The Labute approximate surface area is 225 Å². The number of unbranched alkanes of at least 4 members (excludes halogenated alkanes) is 1. The Morgan fingerprint density at radius 3 is 2.68 bits per heavy atom. The summed E-state index contributed by atoms with van der Waals surface area (Å²) < 4.78 is 15.5. The van der Waals surface area contributed by atoms with Crippen molar-refractivity contribution in [1.29, 1.82) is 0 Å². The summed E-state index contributed by atoms with van der Waals surface area (Å²) in [6.45, 7) is 1.45. The molecule has 2 aromatic rings. The molecule has 1 N–H and O–H groups in total. The predicted octanol–water partition coefficient (Wildman–Crippen LogP) is 4.61. The van der Waals surface area contributed by atoms with Gasteiger partial charge in [0.05, 0.1) is 38.7 Å². The Kier molecular flexibility index (Phi) is 8.17. The average molecular weight is 562 g/mol. The Bertz CT molecular complexity index is 1380. The number of halogens is 1. The van der Waals surface area contributed by atoms with Crippen LogP contribution in [0.4, 0.5) is 16.2 Å². The normalized spacial score (nSPS) is 15.2. The maximum absolute atomic E-state index is 12.9. The number of imide groups is 1. The van der Waals surface area contributed by atoms with Gasteiger partial charge in [-0.1, -0.05) is 24.9 Å². The predicted molar refractivity (Wildman–Crippen MR) is 137 cm³/mol. The summed E-state index contributed by atoms with van der Waals surface area (Å²) in [6, 6.07) is 6.71. The molecule has 38 heavy (non-hydrogen) atoms. The summed E-state index contributed by atoms with van der Waals surface area (Å²) in [5, 5.41) is 13.4. The van der Waals surface area contributed by atoms with Gasteiger partial charge in [0, 0.05) is 5.69 Å². The third-order valence-electron chi connectivity index (χ3n) is 5.38. The number of carbonyl (C=O) groups excluding carboxylic acids is 4. The van der Waals surface area contributed by atoms with E-state index in [1.54, 1.807) is 0 Å². The second-order valence-electron chi connectivity index (χ2n) is 8.02. The van der Waals surface area contributed by atoms with Crippen molar-refractivity contribution in [2.75, 3.05) is 25.3 Å². The number of benzene rings is 2. The van der Waals surface area contributed by atoms with Gasteiger partial charge in [-0.25, -0.2) is 4.79 Å². The van der Waals surface area contributed by atoms with Gasteiger partial charge < -0.3 is 19.5 Å². The number of anilines is 1. The summed E-state index contributed by atoms with van der Waals surface area (Å²) in [5.74, 6) is -1.70. The summed E-state index contributed by atoms with van der Waals surface area (Å²) >= 11 is 6.63. The summed E-state index contributed by atoms with van der Waals surface area (Å²) in [6.07, 6.45) is 2.72. The van der Waals surface area contributed by atoms with Crippen molar-refractivity contribution in [3.8, 4) is 11.5 Å². The average Bonchev–Trinajstić information content (AvgIpc) is 3.44. The van der Waals surface area contributed by atoms with Crippen LogP contribution in [0.2, 0.25) is 5.02 Å². The first-order valence-electron chi connectivity index (χ1n) is 11.3. The molecule has 0 bridgehead atoms. The molecule has 1 fully saturated rings. The number of amides is 3. The second kappa shape index (κ2) is 11.5. The number of nitro groups is 1. The third-order valence-corrected chi connectivity index (χ3v) is 6.62. The molecule has 0 unspecified atom stereocenters. The fourth-order valence-electron chi connectivity index (χ4n) is 3.49. The lowest BCUT2D eigenvalue weighted by atomic mass is 10.1. The summed E-state index contributed by atoms with van der Waals surface area (Å²) in [7, 11) is 0. The van der Waals surface area contributed by atoms with Crippen LogP contribution in [0.1, 0.15) is 35.7 Å². The first-order chi connectivity index (χ1) is 18.2. The highest BCUT2D eigenvalue weighted by Gasteiger charge is 2.37. The van der Waals surface area contributed by atoms with Gasteiger partial charge in [-0.15, -0.1) is 0 Å². The minimum atomic E-state index is -0.793. The molecular weight excluding hydrogens is 542 g/mol. The van der Waals surface area contributed by atoms with Gasteiger partial charge in [0.25, 0.3) is 16.8 Å². The molecule has 12 nitrogen and oxygen atoms in total. The van der Waals surface area contributed by atoms with Gasteiger partial charge >= 0.3 is 5.97 Å². The standard InChI is InChI=1S/C24H20ClN3O9S/c1-2-3-6-35-23(31)15-9-14(4-5-16(15)25)26-21(29)11-27-22(30)20(38-24(27)32)8-13-7-18-19(37-12-36-18)10-17(13)28(33)34/h4-5,7-10H,2-3,6,11-12H2,1H3,(H,26,29)/b20-8-. The molecule has 4 rings (SSSR count). The fourth-order valence-corrected chi connectivity index (χ4v) is 4.51. The molecule has 0 spiro atoms. The highest BCUT2D eigenvalue weighted by molar-refractivity contribution is 8.18. The first kappa shape index (κ1) is 26.9. The Balaban J connectivity index is 1.46. The molecule has 0 atom stereocenters. The lowest BCUT2D eigenvalue weighted by Gasteiger charge is -2.13. The van der Waals surface area contributed by atoms with Gasteiger partial charge in [-0.3, -0.25) is 29.4 Å². The van der Waals surface area contributed by atoms with E-state index in [1.165, 1.54) is 36.4 Å². The number of fused-ring (bicyclic) bond motifs is 1. The molecule has 14 heteroatoms. The lowest BCUT2D eigenvalue weighted by Crippen LogP contribution is -2.36. The molecule has 0 saturated carbocycles. The summed E-state index contributed by atoms with van der Waals surface area (Å²) in [4.78, 5) is 61.7. The van der Waals surface area contributed by atoms with E-state index in [-0.39, 0.29) is 57.3 Å². The minimum absolute atomic E-state index is 0.0358. The highest BCUT2D eigenvalue weighted by Crippen LogP contribution is 2.40. The van der Waals surface area contributed by atoms with E-state index in [0.717, 1.165) is 6.42 Å². The van der Waals surface area contributed by atoms with Gasteiger partial charge in [-0.2, -0.15) is 0 Å². The first-order valence-corrected chi connectivity index (χ1v) is 12.5. The molecule has 198 valence electrons. The Hall–Kier alpha value is -4.10. The second-order valence-corrected chi connectivity index (χ2v) is 9.42. The number of ether oxygens (including phenoxy) is 3. The van der Waals surface area contributed by atoms with Gasteiger partial charge in [0.1, 0.15) is 6.54 Å². The van der Waals surface area contributed by atoms with Crippen molar-refractivity contribution < 1.29 is 38.3 Å². The molecule has 0 aliphatic carbocycles. The smallest absolute Gasteiger partial charge is 0.339 e. The van der Waals surface area contributed by atoms with Crippen LogP contribution >= 0.6 is 23.4 Å². The van der Waals surface area contributed by atoms with Gasteiger partial charge in [0.2, 0.25) is 12.7 Å². The van der Waals surface area contributed by atoms with Crippen LogP contribution in [-0.4, -0.2) is 52.8 Å². The van der Waals surface area contributed by atoms with Crippen LogP contribution in [0, 0.1) is 10.1 Å². The van der Waals surface area contributed by atoms with Crippen molar-refractivity contribution >= 4 is 63.8 Å². The third kappa shape index (κ3) is 5.89.